The summed E-state index contributed by atoms with van der Waals surface area (Å²) in [6.07, 6.45) is -24.9. The van der Waals surface area contributed by atoms with Crippen LogP contribution in [0.5, 0.6) is 28.7 Å². The summed E-state index contributed by atoms with van der Waals surface area (Å²) in [7, 11) is 0. The molecule has 0 aliphatic carbocycles. The van der Waals surface area contributed by atoms with Gasteiger partial charge in [0.05, 0.1) is 19.3 Å². The highest BCUT2D eigenvalue weighted by Crippen LogP contribution is 2.41. The minimum atomic E-state index is -2.00. The van der Waals surface area contributed by atoms with Gasteiger partial charge in [-0.25, -0.2) is 0 Å². The van der Waals surface area contributed by atoms with E-state index in [2.05, 4.69) is 0 Å². The first kappa shape index (κ1) is 39.8. The standard InChI is InChI=1S/C33H40O21/c1-9-19(38)23(42)26(45)31(48-9)49-11-5-13(37)18-15(6-11)50-29(30(22(18)41)54-33-28(47)25(44)21(40)17(8-35)53-33)10-2-3-14(12(36)4-10)51-32-27(46)24(43)20(39)16(7-34)52-32/h2-6,9,16-17,19-21,23-28,31-40,42-47H,7-8H2,1H3/t9-,16+,17+,19-,20+,21+,23+,24-,25-,26-,27+,28+,31-,32+,33-/m1/s1. The van der Waals surface area contributed by atoms with Crippen molar-refractivity contribution >= 4 is 11.0 Å². The number of phenolic OH excluding ortho intramolecular Hbond substituents is 2. The number of ether oxygens (including phenoxy) is 6. The van der Waals surface area contributed by atoms with E-state index in [0.717, 1.165) is 24.3 Å². The van der Waals surface area contributed by atoms with Crippen molar-refractivity contribution in [3.05, 3.63) is 40.6 Å². The first-order valence-corrected chi connectivity index (χ1v) is 16.5. The molecule has 13 N–H and O–H groups in total. The lowest BCUT2D eigenvalue weighted by atomic mass is 9.99. The van der Waals surface area contributed by atoms with E-state index < -0.39 is 145 Å². The van der Waals surface area contributed by atoms with Crippen LogP contribution in [0.3, 0.4) is 0 Å². The predicted molar refractivity (Wildman–Crippen MR) is 173 cm³/mol. The molecule has 0 saturated carbocycles. The zero-order valence-corrected chi connectivity index (χ0v) is 28.0. The Bertz CT molecular complexity index is 1850. The second-order valence-corrected chi connectivity index (χ2v) is 13.0. The molecule has 3 saturated heterocycles. The molecule has 21 nitrogen and oxygen atoms in total. The number of rotatable bonds is 9. The van der Waals surface area contributed by atoms with E-state index in [4.69, 9.17) is 32.8 Å². The molecule has 0 unspecified atom stereocenters. The molecule has 0 radical (unpaired) electrons. The van der Waals surface area contributed by atoms with Gasteiger partial charge in [-0.15, -0.1) is 0 Å². The molecule has 4 heterocycles. The van der Waals surface area contributed by atoms with Gasteiger partial charge in [-0.2, -0.15) is 0 Å². The van der Waals surface area contributed by atoms with Gasteiger partial charge in [-0.3, -0.25) is 4.79 Å². The molecule has 54 heavy (non-hydrogen) atoms. The molecule has 0 amide bonds. The Morgan fingerprint density at radius 1 is 0.611 bits per heavy atom. The highest BCUT2D eigenvalue weighted by atomic mass is 16.7. The van der Waals surface area contributed by atoms with Gasteiger partial charge in [0.15, 0.2) is 17.3 Å². The van der Waals surface area contributed by atoms with Crippen LogP contribution in [0.25, 0.3) is 22.3 Å². The van der Waals surface area contributed by atoms with Crippen LogP contribution in [0.4, 0.5) is 0 Å². The van der Waals surface area contributed by atoms with Gasteiger partial charge in [-0.05, 0) is 25.1 Å². The molecular weight excluding hydrogens is 732 g/mol. The smallest absolute Gasteiger partial charge is 0.239 e. The number of fused-ring (bicyclic) bond motifs is 1. The van der Waals surface area contributed by atoms with Crippen LogP contribution >= 0.6 is 0 Å². The predicted octanol–water partition coefficient (Wildman–Crippen LogP) is -4.57. The summed E-state index contributed by atoms with van der Waals surface area (Å²) in [5.74, 6) is -3.39. The van der Waals surface area contributed by atoms with Crippen molar-refractivity contribution in [3.63, 3.8) is 0 Å². The van der Waals surface area contributed by atoms with Crippen molar-refractivity contribution in [1.82, 2.24) is 0 Å². The van der Waals surface area contributed by atoms with Crippen LogP contribution in [0, 0.1) is 0 Å². The lowest BCUT2D eigenvalue weighted by Gasteiger charge is -2.39. The Morgan fingerprint density at radius 3 is 1.70 bits per heavy atom. The molecule has 2 aromatic carbocycles. The number of aliphatic hydroxyl groups is 11. The second kappa shape index (κ2) is 15.7. The first-order valence-electron chi connectivity index (χ1n) is 16.5. The molecule has 0 bridgehead atoms. The third-order valence-electron chi connectivity index (χ3n) is 9.36. The Balaban J connectivity index is 1.41. The number of aliphatic hydroxyl groups excluding tert-OH is 11. The highest BCUT2D eigenvalue weighted by molar-refractivity contribution is 5.88. The number of phenols is 2. The maximum Gasteiger partial charge on any atom is 0.239 e. The van der Waals surface area contributed by atoms with E-state index in [1.54, 1.807) is 0 Å². The normalized spacial score (nSPS) is 37.2. The summed E-state index contributed by atoms with van der Waals surface area (Å²) in [5.41, 5.74) is -1.67. The molecule has 0 spiro atoms. The van der Waals surface area contributed by atoms with Crippen molar-refractivity contribution in [2.45, 2.75) is 99.0 Å². The third-order valence-corrected chi connectivity index (χ3v) is 9.36. The summed E-state index contributed by atoms with van der Waals surface area (Å²) in [4.78, 5) is 14.1. The molecule has 3 aliphatic rings. The average Bonchev–Trinajstić information content (AvgIpc) is 3.14. The van der Waals surface area contributed by atoms with Gasteiger partial charge in [0, 0.05) is 17.7 Å². The second-order valence-electron chi connectivity index (χ2n) is 13.0. The minimum Gasteiger partial charge on any atom is -0.507 e. The van der Waals surface area contributed by atoms with Crippen molar-refractivity contribution in [3.8, 4) is 40.1 Å². The number of aromatic hydroxyl groups is 2. The van der Waals surface area contributed by atoms with Crippen LogP contribution in [0.1, 0.15) is 6.92 Å². The summed E-state index contributed by atoms with van der Waals surface area (Å²) in [5, 5.41) is 133. The lowest BCUT2D eigenvalue weighted by Crippen LogP contribution is -2.60. The van der Waals surface area contributed by atoms with Crippen LogP contribution in [0.2, 0.25) is 0 Å². The van der Waals surface area contributed by atoms with Crippen molar-refractivity contribution in [2.75, 3.05) is 13.2 Å². The van der Waals surface area contributed by atoms with E-state index in [0.29, 0.717) is 0 Å². The zero-order chi connectivity index (χ0) is 39.3. The molecular formula is C33H40O21. The Morgan fingerprint density at radius 2 is 1.15 bits per heavy atom. The van der Waals surface area contributed by atoms with Gasteiger partial charge < -0.3 is 99.2 Å². The molecule has 6 rings (SSSR count). The molecule has 15 atom stereocenters. The van der Waals surface area contributed by atoms with Gasteiger partial charge >= 0.3 is 0 Å². The SMILES string of the molecule is C[C@H]1O[C@H](Oc2cc(O)c3c(=O)c(O[C@H]4O[C@@H](CO)[C@H](O)[C@@H](O)[C@@H]4O)c(-c4ccc(O[C@H]5O[C@@H](CO)[C@H](O)[C@@H](O)[C@@H]5O)c(O)c4)oc3c2)[C@H](O)[C@@H](O)[C@@H]1O. The quantitative estimate of drug-likeness (QED) is 0.0973. The first-order chi connectivity index (χ1) is 25.6. The van der Waals surface area contributed by atoms with Crippen LogP contribution < -0.4 is 19.6 Å². The Kier molecular flexibility index (Phi) is 11.5. The number of hydrogen-bond donors (Lipinski definition) is 13. The largest absolute Gasteiger partial charge is 0.507 e. The van der Waals surface area contributed by atoms with Crippen molar-refractivity contribution in [1.29, 1.82) is 0 Å². The number of hydrogen-bond acceptors (Lipinski definition) is 21. The zero-order valence-electron chi connectivity index (χ0n) is 28.0. The summed E-state index contributed by atoms with van der Waals surface area (Å²) >= 11 is 0. The topological polar surface area (TPSA) is 349 Å². The summed E-state index contributed by atoms with van der Waals surface area (Å²) in [6.45, 7) is -0.188. The van der Waals surface area contributed by atoms with Crippen LogP contribution in [-0.2, 0) is 14.2 Å². The Hall–Kier alpha value is -3.91. The van der Waals surface area contributed by atoms with E-state index in [1.165, 1.54) is 13.0 Å². The summed E-state index contributed by atoms with van der Waals surface area (Å²) < 4.78 is 39.0. The monoisotopic (exact) mass is 772 g/mol. The van der Waals surface area contributed by atoms with Crippen molar-refractivity contribution in [2.24, 2.45) is 0 Å². The molecule has 298 valence electrons. The fourth-order valence-corrected chi connectivity index (χ4v) is 6.20. The fourth-order valence-electron chi connectivity index (χ4n) is 6.20. The molecule has 3 aliphatic heterocycles. The number of benzene rings is 2. The minimum absolute atomic E-state index is 0.157. The maximum atomic E-state index is 14.1. The van der Waals surface area contributed by atoms with Crippen LogP contribution in [-0.4, -0.2) is 172 Å². The maximum absolute atomic E-state index is 14.1. The average molecular weight is 773 g/mol. The van der Waals surface area contributed by atoms with Crippen molar-refractivity contribution < 1.29 is 99.2 Å². The third kappa shape index (κ3) is 7.27. The van der Waals surface area contributed by atoms with Gasteiger partial charge in [0.2, 0.25) is 30.0 Å². The van der Waals surface area contributed by atoms with E-state index >= 15 is 0 Å². The van der Waals surface area contributed by atoms with Gasteiger partial charge in [-0.1, -0.05) is 0 Å². The molecule has 21 heteroatoms. The lowest BCUT2D eigenvalue weighted by molar-refractivity contribution is -0.277. The molecule has 3 aromatic rings. The molecule has 3 fully saturated rings. The van der Waals surface area contributed by atoms with E-state index in [9.17, 15) is 71.2 Å². The van der Waals surface area contributed by atoms with E-state index in [-0.39, 0.29) is 17.1 Å². The van der Waals surface area contributed by atoms with Gasteiger partial charge in [0.1, 0.15) is 89.6 Å². The summed E-state index contributed by atoms with van der Waals surface area (Å²) in [6, 6.07) is 5.31. The fraction of sp³-hybridized carbons (Fsp3) is 0.545. The highest BCUT2D eigenvalue weighted by Gasteiger charge is 2.47. The Labute approximate surface area is 303 Å². The van der Waals surface area contributed by atoms with Gasteiger partial charge in [0.25, 0.3) is 0 Å². The molecule has 1 aromatic heterocycles. The van der Waals surface area contributed by atoms with Crippen LogP contribution in [0.15, 0.2) is 39.5 Å². The van der Waals surface area contributed by atoms with E-state index in [1.807, 2.05) is 0 Å².